The van der Waals surface area contributed by atoms with Gasteiger partial charge in [0.05, 0.1) is 0 Å². The number of nitrogens with one attached hydrogen (secondary N) is 2. The molecule has 0 saturated carbocycles. The lowest BCUT2D eigenvalue weighted by Crippen LogP contribution is -2.24. The van der Waals surface area contributed by atoms with Crippen molar-refractivity contribution in [2.24, 2.45) is 0 Å². The van der Waals surface area contributed by atoms with E-state index in [9.17, 15) is 4.79 Å². The number of anilines is 1. The van der Waals surface area contributed by atoms with Crippen LogP contribution >= 0.6 is 0 Å². The van der Waals surface area contributed by atoms with Gasteiger partial charge in [0.25, 0.3) is 5.91 Å². The predicted molar refractivity (Wildman–Crippen MR) is 103 cm³/mol. The molecule has 0 fully saturated rings. The third kappa shape index (κ3) is 4.45. The molecule has 0 unspecified atom stereocenters. The number of rotatable bonds is 6. The Morgan fingerprint density at radius 2 is 1.50 bits per heavy atom. The number of nitrogens with zero attached hydrogens (tertiary/aromatic N) is 2. The second-order valence-corrected chi connectivity index (χ2v) is 6.18. The zero-order valence-corrected chi connectivity index (χ0v) is 15.0. The molecule has 3 aromatic rings. The Kier molecular flexibility index (Phi) is 5.59. The van der Waals surface area contributed by atoms with Crippen LogP contribution in [-0.4, -0.2) is 15.9 Å². The third-order valence-electron chi connectivity index (χ3n) is 4.32. The molecule has 5 heteroatoms. The summed E-state index contributed by atoms with van der Waals surface area (Å²) in [6, 6.07) is 17.8. The van der Waals surface area contributed by atoms with E-state index in [1.54, 1.807) is 6.07 Å². The molecule has 0 spiro atoms. The van der Waals surface area contributed by atoms with Gasteiger partial charge < -0.3 is 10.6 Å². The number of carbonyl (C=O) groups is 1. The molecule has 26 heavy (non-hydrogen) atoms. The van der Waals surface area contributed by atoms with E-state index in [2.05, 4.69) is 39.7 Å². The van der Waals surface area contributed by atoms with Crippen molar-refractivity contribution in [3.63, 3.8) is 0 Å². The number of aromatic nitrogens is 2. The largest absolute Gasteiger partial charge is 0.366 e. The Bertz CT molecular complexity index is 908. The van der Waals surface area contributed by atoms with Gasteiger partial charge in [-0.3, -0.25) is 4.79 Å². The summed E-state index contributed by atoms with van der Waals surface area (Å²) in [7, 11) is 0. The van der Waals surface area contributed by atoms with Crippen LogP contribution in [0.5, 0.6) is 0 Å². The smallest absolute Gasteiger partial charge is 0.270 e. The first-order chi connectivity index (χ1) is 12.6. The first-order valence-corrected chi connectivity index (χ1v) is 8.56. The Labute approximate surface area is 153 Å². The van der Waals surface area contributed by atoms with Crippen molar-refractivity contribution in [3.8, 4) is 0 Å². The minimum absolute atomic E-state index is 0.213. The van der Waals surface area contributed by atoms with Crippen molar-refractivity contribution in [1.29, 1.82) is 0 Å². The average molecular weight is 346 g/mol. The molecule has 0 aliphatic carbocycles. The summed E-state index contributed by atoms with van der Waals surface area (Å²) in [6.45, 7) is 5.22. The Hall–Kier alpha value is -3.21. The van der Waals surface area contributed by atoms with Crippen molar-refractivity contribution < 1.29 is 4.79 Å². The van der Waals surface area contributed by atoms with Crippen LogP contribution in [0.1, 0.15) is 32.7 Å². The minimum atomic E-state index is -0.213. The van der Waals surface area contributed by atoms with Crippen LogP contribution in [0.2, 0.25) is 0 Å². The summed E-state index contributed by atoms with van der Waals surface area (Å²) in [5.41, 5.74) is 4.99. The van der Waals surface area contributed by atoms with Gasteiger partial charge in [0, 0.05) is 19.2 Å². The number of carbonyl (C=O) groups excluding carboxylic acids is 1. The molecule has 3 rings (SSSR count). The van der Waals surface area contributed by atoms with Gasteiger partial charge in [-0.05, 0) is 36.1 Å². The van der Waals surface area contributed by atoms with Gasteiger partial charge in [-0.25, -0.2) is 9.97 Å². The highest BCUT2D eigenvalue weighted by Gasteiger charge is 2.09. The molecule has 0 radical (unpaired) electrons. The average Bonchev–Trinajstić information content (AvgIpc) is 2.67. The van der Waals surface area contributed by atoms with Crippen molar-refractivity contribution in [1.82, 2.24) is 15.3 Å². The summed E-state index contributed by atoms with van der Waals surface area (Å²) in [5, 5.41) is 6.16. The molecule has 5 nitrogen and oxygen atoms in total. The molecule has 1 amide bonds. The van der Waals surface area contributed by atoms with Crippen LogP contribution in [-0.2, 0) is 13.1 Å². The maximum atomic E-state index is 12.4. The number of amides is 1. The first-order valence-electron chi connectivity index (χ1n) is 8.56. The summed E-state index contributed by atoms with van der Waals surface area (Å²) in [4.78, 5) is 20.7. The summed E-state index contributed by atoms with van der Waals surface area (Å²) in [5.74, 6) is 0.416. The summed E-state index contributed by atoms with van der Waals surface area (Å²) >= 11 is 0. The minimum Gasteiger partial charge on any atom is -0.366 e. The van der Waals surface area contributed by atoms with Gasteiger partial charge in [0.2, 0.25) is 0 Å². The molecular weight excluding hydrogens is 324 g/mol. The van der Waals surface area contributed by atoms with E-state index < -0.39 is 0 Å². The fourth-order valence-electron chi connectivity index (χ4n) is 2.65. The third-order valence-corrected chi connectivity index (χ3v) is 4.32. The molecule has 0 bridgehead atoms. The highest BCUT2D eigenvalue weighted by molar-refractivity contribution is 5.92. The lowest BCUT2D eigenvalue weighted by molar-refractivity contribution is 0.0945. The molecule has 0 atom stereocenters. The van der Waals surface area contributed by atoms with Gasteiger partial charge in [-0.2, -0.15) is 0 Å². The van der Waals surface area contributed by atoms with Crippen LogP contribution in [0.4, 0.5) is 5.82 Å². The van der Waals surface area contributed by atoms with Crippen LogP contribution in [0.3, 0.4) is 0 Å². The zero-order chi connectivity index (χ0) is 18.4. The topological polar surface area (TPSA) is 66.9 Å². The fraction of sp³-hybridized carbons (Fsp3) is 0.190. The molecule has 1 heterocycles. The van der Waals surface area contributed by atoms with Crippen molar-refractivity contribution in [2.75, 3.05) is 5.32 Å². The van der Waals surface area contributed by atoms with E-state index in [0.29, 0.717) is 24.6 Å². The van der Waals surface area contributed by atoms with Gasteiger partial charge >= 0.3 is 0 Å². The normalized spacial score (nSPS) is 10.4. The lowest BCUT2D eigenvalue weighted by Gasteiger charge is -2.10. The van der Waals surface area contributed by atoms with E-state index in [4.69, 9.17) is 0 Å². The molecule has 0 saturated heterocycles. The maximum absolute atomic E-state index is 12.4. The van der Waals surface area contributed by atoms with Gasteiger partial charge in [-0.15, -0.1) is 0 Å². The monoisotopic (exact) mass is 346 g/mol. The number of benzene rings is 2. The highest BCUT2D eigenvalue weighted by atomic mass is 16.1. The number of hydrogen-bond donors (Lipinski definition) is 2. The molecular formula is C21H22N4O. The number of hydrogen-bond acceptors (Lipinski definition) is 4. The van der Waals surface area contributed by atoms with Crippen LogP contribution in [0.25, 0.3) is 0 Å². The predicted octanol–water partition coefficient (Wildman–Crippen LogP) is 3.64. The summed E-state index contributed by atoms with van der Waals surface area (Å²) in [6.07, 6.45) is 1.41. The van der Waals surface area contributed by atoms with E-state index in [1.807, 2.05) is 43.3 Å². The molecule has 0 aliphatic heterocycles. The Morgan fingerprint density at radius 3 is 2.15 bits per heavy atom. The van der Waals surface area contributed by atoms with Crippen LogP contribution < -0.4 is 10.6 Å². The standard InChI is InChI=1S/C21H22N4O/c1-15-7-3-5-9-17(15)12-22-20-11-19(24-14-25-20)21(26)23-13-18-10-6-4-8-16(18)2/h3-11,14H,12-13H2,1-2H3,(H,23,26)(H,22,24,25). The second-order valence-electron chi connectivity index (χ2n) is 6.18. The highest BCUT2D eigenvalue weighted by Crippen LogP contribution is 2.11. The molecule has 1 aromatic heterocycles. The SMILES string of the molecule is Cc1ccccc1CNC(=O)c1cc(NCc2ccccc2C)ncn1. The van der Waals surface area contributed by atoms with E-state index in [0.717, 1.165) is 11.1 Å². The van der Waals surface area contributed by atoms with Gasteiger partial charge in [0.1, 0.15) is 17.8 Å². The molecule has 132 valence electrons. The van der Waals surface area contributed by atoms with Crippen molar-refractivity contribution in [2.45, 2.75) is 26.9 Å². The molecule has 2 aromatic carbocycles. The second kappa shape index (κ2) is 8.25. The van der Waals surface area contributed by atoms with Gasteiger partial charge in [0.15, 0.2) is 0 Å². The first kappa shape index (κ1) is 17.6. The zero-order valence-electron chi connectivity index (χ0n) is 15.0. The molecule has 2 N–H and O–H groups in total. The molecule has 0 aliphatic rings. The Balaban J connectivity index is 1.62. The van der Waals surface area contributed by atoms with E-state index in [-0.39, 0.29) is 5.91 Å². The number of aryl methyl sites for hydroxylation is 2. The van der Waals surface area contributed by atoms with Gasteiger partial charge in [-0.1, -0.05) is 48.5 Å². The van der Waals surface area contributed by atoms with E-state index >= 15 is 0 Å². The van der Waals surface area contributed by atoms with Crippen LogP contribution in [0, 0.1) is 13.8 Å². The maximum Gasteiger partial charge on any atom is 0.270 e. The summed E-state index contributed by atoms with van der Waals surface area (Å²) < 4.78 is 0. The fourth-order valence-corrected chi connectivity index (χ4v) is 2.65. The van der Waals surface area contributed by atoms with E-state index in [1.165, 1.54) is 17.5 Å². The Morgan fingerprint density at radius 1 is 0.885 bits per heavy atom. The van der Waals surface area contributed by atoms with Crippen molar-refractivity contribution in [3.05, 3.63) is 88.9 Å². The van der Waals surface area contributed by atoms with Crippen LogP contribution in [0.15, 0.2) is 60.9 Å². The lowest BCUT2D eigenvalue weighted by atomic mass is 10.1. The van der Waals surface area contributed by atoms with Crippen molar-refractivity contribution >= 4 is 11.7 Å². The quantitative estimate of drug-likeness (QED) is 0.715.